The molecule has 4 nitrogen and oxygen atoms in total. The molecule has 0 amide bonds. The van der Waals surface area contributed by atoms with Gasteiger partial charge in [-0.3, -0.25) is 9.69 Å². The number of hydrogen-bond acceptors (Lipinski definition) is 5. The predicted molar refractivity (Wildman–Crippen MR) is 75.5 cm³/mol. The molecule has 1 aliphatic rings. The zero-order valence-electron chi connectivity index (χ0n) is 10.5. The number of carboxylic acids is 1. The SMILES string of the molecule is Cc1ncsc1CCN1CCSCC1CC(=O)O. The maximum atomic E-state index is 10.9. The van der Waals surface area contributed by atoms with Crippen molar-refractivity contribution >= 4 is 29.1 Å². The third-order valence-corrected chi connectivity index (χ3v) is 5.32. The zero-order chi connectivity index (χ0) is 13.0. The van der Waals surface area contributed by atoms with Gasteiger partial charge in [0.2, 0.25) is 0 Å². The van der Waals surface area contributed by atoms with E-state index < -0.39 is 5.97 Å². The van der Waals surface area contributed by atoms with Gasteiger partial charge >= 0.3 is 5.97 Å². The molecule has 6 heteroatoms. The number of aliphatic carboxylic acids is 1. The Morgan fingerprint density at radius 2 is 2.50 bits per heavy atom. The molecule has 100 valence electrons. The molecule has 0 bridgehead atoms. The second kappa shape index (κ2) is 6.54. The first-order valence-corrected chi connectivity index (χ1v) is 8.13. The van der Waals surface area contributed by atoms with Crippen LogP contribution >= 0.6 is 23.1 Å². The third kappa shape index (κ3) is 3.70. The molecule has 0 spiro atoms. The van der Waals surface area contributed by atoms with Gasteiger partial charge in [-0.15, -0.1) is 11.3 Å². The fourth-order valence-corrected chi connectivity index (χ4v) is 4.09. The van der Waals surface area contributed by atoms with Crippen LogP contribution < -0.4 is 0 Å². The molecule has 0 aliphatic carbocycles. The lowest BCUT2D eigenvalue weighted by Crippen LogP contribution is -2.44. The number of aryl methyl sites for hydroxylation is 1. The van der Waals surface area contributed by atoms with Crippen molar-refractivity contribution in [3.63, 3.8) is 0 Å². The summed E-state index contributed by atoms with van der Waals surface area (Å²) in [5.74, 6) is 1.35. The van der Waals surface area contributed by atoms with E-state index in [2.05, 4.69) is 9.88 Å². The fraction of sp³-hybridized carbons (Fsp3) is 0.667. The first-order valence-electron chi connectivity index (χ1n) is 6.09. The van der Waals surface area contributed by atoms with Crippen LogP contribution in [0.15, 0.2) is 5.51 Å². The Hall–Kier alpha value is -0.590. The number of nitrogens with zero attached hydrogens (tertiary/aromatic N) is 2. The molecule has 0 radical (unpaired) electrons. The molecule has 2 heterocycles. The summed E-state index contributed by atoms with van der Waals surface area (Å²) in [6.45, 7) is 3.98. The molecule has 0 saturated carbocycles. The van der Waals surface area contributed by atoms with Crippen LogP contribution in [0.1, 0.15) is 17.0 Å². The first-order chi connectivity index (χ1) is 8.66. The Balaban J connectivity index is 1.89. The smallest absolute Gasteiger partial charge is 0.304 e. The quantitative estimate of drug-likeness (QED) is 0.896. The average molecular weight is 286 g/mol. The Kier molecular flexibility index (Phi) is 5.03. The van der Waals surface area contributed by atoms with Crippen LogP contribution in [0, 0.1) is 6.92 Å². The summed E-state index contributed by atoms with van der Waals surface area (Å²) in [5.41, 5.74) is 2.99. The molecule has 1 aromatic heterocycles. The first kappa shape index (κ1) is 13.8. The van der Waals surface area contributed by atoms with Gasteiger partial charge in [0.15, 0.2) is 0 Å². The van der Waals surface area contributed by atoms with E-state index in [1.54, 1.807) is 11.3 Å². The summed E-state index contributed by atoms with van der Waals surface area (Å²) in [6.07, 6.45) is 1.24. The molecule has 1 saturated heterocycles. The van der Waals surface area contributed by atoms with Crippen molar-refractivity contribution in [2.24, 2.45) is 0 Å². The Morgan fingerprint density at radius 3 is 3.17 bits per heavy atom. The number of carboxylic acid groups (broad SMARTS) is 1. The molecular formula is C12H18N2O2S2. The van der Waals surface area contributed by atoms with Crippen molar-refractivity contribution in [3.8, 4) is 0 Å². The van der Waals surface area contributed by atoms with Crippen molar-refractivity contribution in [2.45, 2.75) is 25.8 Å². The van der Waals surface area contributed by atoms with Gasteiger partial charge < -0.3 is 5.11 Å². The largest absolute Gasteiger partial charge is 0.481 e. The van der Waals surface area contributed by atoms with Crippen LogP contribution in [0.4, 0.5) is 0 Å². The van der Waals surface area contributed by atoms with E-state index >= 15 is 0 Å². The van der Waals surface area contributed by atoms with Gasteiger partial charge in [0.25, 0.3) is 0 Å². The van der Waals surface area contributed by atoms with E-state index in [-0.39, 0.29) is 12.5 Å². The van der Waals surface area contributed by atoms with Gasteiger partial charge in [-0.05, 0) is 13.3 Å². The van der Waals surface area contributed by atoms with Crippen LogP contribution in [0.5, 0.6) is 0 Å². The van der Waals surface area contributed by atoms with E-state index in [4.69, 9.17) is 5.11 Å². The second-order valence-corrected chi connectivity index (χ2v) is 6.56. The normalized spacial score (nSPS) is 21.1. The lowest BCUT2D eigenvalue weighted by Gasteiger charge is -2.34. The monoisotopic (exact) mass is 286 g/mol. The second-order valence-electron chi connectivity index (χ2n) is 4.47. The van der Waals surface area contributed by atoms with Gasteiger partial charge in [0.05, 0.1) is 17.6 Å². The maximum Gasteiger partial charge on any atom is 0.304 e. The van der Waals surface area contributed by atoms with Crippen LogP contribution in [0.3, 0.4) is 0 Å². The van der Waals surface area contributed by atoms with E-state index in [0.717, 1.165) is 36.7 Å². The van der Waals surface area contributed by atoms with Crippen molar-refractivity contribution in [1.29, 1.82) is 0 Å². The number of thioether (sulfide) groups is 1. The van der Waals surface area contributed by atoms with Gasteiger partial charge in [-0.25, -0.2) is 4.98 Å². The lowest BCUT2D eigenvalue weighted by molar-refractivity contribution is -0.138. The molecule has 1 aliphatic heterocycles. The standard InChI is InChI=1S/C12H18N2O2S2/c1-9-11(18-8-13-9)2-3-14-4-5-17-7-10(14)6-12(15)16/h8,10H,2-7H2,1H3,(H,15,16). The summed E-state index contributed by atoms with van der Waals surface area (Å²) in [5, 5.41) is 8.94. The third-order valence-electron chi connectivity index (χ3n) is 3.23. The summed E-state index contributed by atoms with van der Waals surface area (Å²) in [6, 6.07) is 0.189. The summed E-state index contributed by atoms with van der Waals surface area (Å²) in [4.78, 5) is 18.8. The Bertz CT molecular complexity index is 409. The van der Waals surface area contributed by atoms with Gasteiger partial charge in [0.1, 0.15) is 0 Å². The van der Waals surface area contributed by atoms with E-state index in [9.17, 15) is 4.79 Å². The summed E-state index contributed by atoms with van der Waals surface area (Å²) in [7, 11) is 0. The van der Waals surface area contributed by atoms with Crippen molar-refractivity contribution in [1.82, 2.24) is 9.88 Å². The average Bonchev–Trinajstić information content (AvgIpc) is 2.73. The fourth-order valence-electron chi connectivity index (χ4n) is 2.18. The van der Waals surface area contributed by atoms with Crippen LogP contribution in [-0.4, -0.2) is 51.6 Å². The molecule has 1 N–H and O–H groups in total. The topological polar surface area (TPSA) is 53.4 Å². The maximum absolute atomic E-state index is 10.9. The number of carbonyl (C=O) groups is 1. The van der Waals surface area contributed by atoms with Gasteiger partial charge in [-0.1, -0.05) is 0 Å². The van der Waals surface area contributed by atoms with E-state index in [0.29, 0.717) is 0 Å². The lowest BCUT2D eigenvalue weighted by atomic mass is 10.1. The van der Waals surface area contributed by atoms with Gasteiger partial charge in [0, 0.05) is 35.5 Å². The van der Waals surface area contributed by atoms with E-state index in [1.807, 2.05) is 24.2 Å². The molecule has 2 rings (SSSR count). The molecule has 0 aromatic carbocycles. The minimum atomic E-state index is -0.693. The highest BCUT2D eigenvalue weighted by Gasteiger charge is 2.24. The minimum Gasteiger partial charge on any atom is -0.481 e. The van der Waals surface area contributed by atoms with Crippen molar-refractivity contribution < 1.29 is 9.90 Å². The minimum absolute atomic E-state index is 0.189. The Labute approximate surface area is 115 Å². The zero-order valence-corrected chi connectivity index (χ0v) is 12.1. The van der Waals surface area contributed by atoms with Crippen LogP contribution in [-0.2, 0) is 11.2 Å². The number of hydrogen-bond donors (Lipinski definition) is 1. The Morgan fingerprint density at radius 1 is 1.67 bits per heavy atom. The summed E-state index contributed by atoms with van der Waals surface area (Å²) < 4.78 is 0. The van der Waals surface area contributed by atoms with E-state index in [1.165, 1.54) is 4.88 Å². The predicted octanol–water partition coefficient (Wildman–Crippen LogP) is 1.89. The summed E-state index contributed by atoms with van der Waals surface area (Å²) >= 11 is 3.55. The molecule has 1 aromatic rings. The van der Waals surface area contributed by atoms with Crippen LogP contribution in [0.2, 0.25) is 0 Å². The molecule has 1 fully saturated rings. The number of aromatic nitrogens is 1. The molecule has 1 unspecified atom stereocenters. The van der Waals surface area contributed by atoms with Crippen LogP contribution in [0.25, 0.3) is 0 Å². The highest BCUT2D eigenvalue weighted by atomic mass is 32.2. The molecule has 18 heavy (non-hydrogen) atoms. The number of rotatable bonds is 5. The molecule has 1 atom stereocenters. The highest BCUT2D eigenvalue weighted by Crippen LogP contribution is 2.20. The van der Waals surface area contributed by atoms with Gasteiger partial charge in [-0.2, -0.15) is 11.8 Å². The van der Waals surface area contributed by atoms with Crippen molar-refractivity contribution in [3.05, 3.63) is 16.1 Å². The van der Waals surface area contributed by atoms with Crippen molar-refractivity contribution in [2.75, 3.05) is 24.6 Å². The number of thiazole rings is 1. The highest BCUT2D eigenvalue weighted by molar-refractivity contribution is 7.99. The molecular weight excluding hydrogens is 268 g/mol.